The van der Waals surface area contributed by atoms with E-state index in [1.54, 1.807) is 36.3 Å². The number of aromatic carboxylic acids is 1. The number of hydrogen-bond acceptors (Lipinski definition) is 6. The number of amidine groups is 1. The van der Waals surface area contributed by atoms with Crippen LogP contribution < -0.4 is 4.74 Å². The Hall–Kier alpha value is -3.49. The summed E-state index contributed by atoms with van der Waals surface area (Å²) in [4.78, 5) is 30.7. The summed E-state index contributed by atoms with van der Waals surface area (Å²) in [5, 5.41) is 9.83. The van der Waals surface area contributed by atoms with Gasteiger partial charge in [-0.05, 0) is 67.2 Å². The van der Waals surface area contributed by atoms with E-state index in [-0.39, 0.29) is 16.5 Å². The monoisotopic (exact) mass is 482 g/mol. The number of aliphatic imine (C=N–C) groups is 1. The SMILES string of the molecule is CCN1C(=O)/C(=C\c2ccc(-c3ccc(C(=O)O)c(Cl)c3)o2)SC1=Nc1ccc(OC)cc1. The maximum atomic E-state index is 12.9. The number of thioether (sulfide) groups is 1. The second-order valence-corrected chi connectivity index (χ2v) is 8.37. The summed E-state index contributed by atoms with van der Waals surface area (Å²) in [5.74, 6) is 0.480. The van der Waals surface area contributed by atoms with E-state index in [1.165, 1.54) is 23.9 Å². The Kier molecular flexibility index (Phi) is 6.57. The van der Waals surface area contributed by atoms with Crippen molar-refractivity contribution in [3.63, 3.8) is 0 Å². The highest BCUT2D eigenvalue weighted by atomic mass is 35.5. The van der Waals surface area contributed by atoms with E-state index in [0.29, 0.717) is 39.4 Å². The molecule has 0 aliphatic carbocycles. The van der Waals surface area contributed by atoms with E-state index in [1.807, 2.05) is 31.2 Å². The van der Waals surface area contributed by atoms with Gasteiger partial charge in [-0.25, -0.2) is 9.79 Å². The molecule has 4 rings (SSSR count). The molecule has 9 heteroatoms. The van der Waals surface area contributed by atoms with Crippen molar-refractivity contribution < 1.29 is 23.8 Å². The number of likely N-dealkylation sites (N-methyl/N-ethyl adjacent to an activating group) is 1. The molecule has 1 aliphatic rings. The molecule has 1 N–H and O–H groups in total. The summed E-state index contributed by atoms with van der Waals surface area (Å²) in [6, 6.07) is 15.3. The number of rotatable bonds is 6. The Labute approximate surface area is 199 Å². The predicted octanol–water partition coefficient (Wildman–Crippen LogP) is 5.93. The second kappa shape index (κ2) is 9.56. The maximum Gasteiger partial charge on any atom is 0.337 e. The predicted molar refractivity (Wildman–Crippen MR) is 129 cm³/mol. The third-order valence-corrected chi connectivity index (χ3v) is 6.20. The number of benzene rings is 2. The van der Waals surface area contributed by atoms with Gasteiger partial charge in [0.1, 0.15) is 17.3 Å². The zero-order chi connectivity index (χ0) is 23.5. The molecular formula is C24H19ClN2O5S. The summed E-state index contributed by atoms with van der Waals surface area (Å²) in [6.45, 7) is 2.37. The molecule has 33 heavy (non-hydrogen) atoms. The lowest BCUT2D eigenvalue weighted by atomic mass is 10.1. The number of carbonyl (C=O) groups is 2. The maximum absolute atomic E-state index is 12.9. The fraction of sp³-hybridized carbons (Fsp3) is 0.125. The fourth-order valence-electron chi connectivity index (χ4n) is 3.19. The van der Waals surface area contributed by atoms with Gasteiger partial charge in [0, 0.05) is 18.2 Å². The normalized spacial score (nSPS) is 16.1. The highest BCUT2D eigenvalue weighted by Crippen LogP contribution is 2.35. The Morgan fingerprint density at radius 1 is 1.21 bits per heavy atom. The minimum absolute atomic E-state index is 0.0191. The zero-order valence-electron chi connectivity index (χ0n) is 17.7. The first-order valence-corrected chi connectivity index (χ1v) is 11.2. The lowest BCUT2D eigenvalue weighted by molar-refractivity contribution is -0.122. The summed E-state index contributed by atoms with van der Waals surface area (Å²) in [5.41, 5.74) is 1.37. The first kappa shape index (κ1) is 22.7. The number of carboxylic acid groups (broad SMARTS) is 1. The van der Waals surface area contributed by atoms with Gasteiger partial charge in [0.05, 0.1) is 28.3 Å². The lowest BCUT2D eigenvalue weighted by Crippen LogP contribution is -2.28. The van der Waals surface area contributed by atoms with Gasteiger partial charge in [-0.3, -0.25) is 9.69 Å². The molecule has 1 amide bonds. The van der Waals surface area contributed by atoms with Crippen molar-refractivity contribution in [3.8, 4) is 17.1 Å². The van der Waals surface area contributed by atoms with Gasteiger partial charge in [0.25, 0.3) is 5.91 Å². The molecule has 2 heterocycles. The number of furan rings is 1. The molecule has 1 saturated heterocycles. The average molecular weight is 483 g/mol. The van der Waals surface area contributed by atoms with Gasteiger partial charge in [-0.15, -0.1) is 0 Å². The van der Waals surface area contributed by atoms with Crippen molar-refractivity contribution in [2.45, 2.75) is 6.92 Å². The number of carboxylic acids is 1. The van der Waals surface area contributed by atoms with Gasteiger partial charge in [0.2, 0.25) is 0 Å². The van der Waals surface area contributed by atoms with Crippen molar-refractivity contribution >= 4 is 52.2 Å². The first-order chi connectivity index (χ1) is 15.9. The van der Waals surface area contributed by atoms with Crippen LogP contribution in [0.1, 0.15) is 23.0 Å². The first-order valence-electron chi connectivity index (χ1n) is 9.96. The van der Waals surface area contributed by atoms with Crippen LogP contribution in [0.3, 0.4) is 0 Å². The second-order valence-electron chi connectivity index (χ2n) is 6.95. The van der Waals surface area contributed by atoms with Crippen LogP contribution in [-0.4, -0.2) is 40.7 Å². The molecular weight excluding hydrogens is 464 g/mol. The van der Waals surface area contributed by atoms with Crippen LogP contribution in [0.5, 0.6) is 5.75 Å². The third-order valence-electron chi connectivity index (χ3n) is 4.89. The largest absolute Gasteiger partial charge is 0.497 e. The van der Waals surface area contributed by atoms with E-state index >= 15 is 0 Å². The number of nitrogens with zero attached hydrogens (tertiary/aromatic N) is 2. The molecule has 3 aromatic rings. The molecule has 1 fully saturated rings. The lowest BCUT2D eigenvalue weighted by Gasteiger charge is -2.12. The van der Waals surface area contributed by atoms with E-state index in [9.17, 15) is 9.59 Å². The topological polar surface area (TPSA) is 92.3 Å². The number of ether oxygens (including phenoxy) is 1. The van der Waals surface area contributed by atoms with Crippen LogP contribution in [0.2, 0.25) is 5.02 Å². The number of amides is 1. The molecule has 0 unspecified atom stereocenters. The minimum Gasteiger partial charge on any atom is -0.497 e. The quantitative estimate of drug-likeness (QED) is 0.438. The molecule has 2 aromatic carbocycles. The Morgan fingerprint density at radius 3 is 2.61 bits per heavy atom. The Bertz CT molecular complexity index is 1280. The number of hydrogen-bond donors (Lipinski definition) is 1. The molecule has 0 radical (unpaired) electrons. The molecule has 7 nitrogen and oxygen atoms in total. The van der Waals surface area contributed by atoms with Crippen molar-refractivity contribution in [1.29, 1.82) is 0 Å². The van der Waals surface area contributed by atoms with Gasteiger partial charge in [0.15, 0.2) is 5.17 Å². The molecule has 168 valence electrons. The highest BCUT2D eigenvalue weighted by Gasteiger charge is 2.32. The fourth-order valence-corrected chi connectivity index (χ4v) is 4.50. The van der Waals surface area contributed by atoms with Gasteiger partial charge >= 0.3 is 5.97 Å². The average Bonchev–Trinajstić information content (AvgIpc) is 3.38. The van der Waals surface area contributed by atoms with Crippen LogP contribution in [0.25, 0.3) is 17.4 Å². The van der Waals surface area contributed by atoms with Crippen molar-refractivity contribution in [3.05, 3.63) is 75.8 Å². The number of methoxy groups -OCH3 is 1. The van der Waals surface area contributed by atoms with Gasteiger partial charge in [-0.2, -0.15) is 0 Å². The van der Waals surface area contributed by atoms with E-state index in [0.717, 1.165) is 5.75 Å². The third kappa shape index (κ3) is 4.81. The Balaban J connectivity index is 1.58. The van der Waals surface area contributed by atoms with Crippen molar-refractivity contribution in [2.75, 3.05) is 13.7 Å². The van der Waals surface area contributed by atoms with Crippen molar-refractivity contribution in [2.24, 2.45) is 4.99 Å². The molecule has 0 bridgehead atoms. The van der Waals surface area contributed by atoms with E-state index in [2.05, 4.69) is 4.99 Å². The minimum atomic E-state index is -1.10. The van der Waals surface area contributed by atoms with E-state index in [4.69, 9.17) is 25.9 Å². The van der Waals surface area contributed by atoms with Gasteiger partial charge in [-0.1, -0.05) is 17.7 Å². The van der Waals surface area contributed by atoms with Gasteiger partial charge < -0.3 is 14.3 Å². The molecule has 1 aromatic heterocycles. The zero-order valence-corrected chi connectivity index (χ0v) is 19.3. The van der Waals surface area contributed by atoms with Crippen molar-refractivity contribution in [1.82, 2.24) is 4.90 Å². The molecule has 1 aliphatic heterocycles. The van der Waals surface area contributed by atoms with E-state index < -0.39 is 5.97 Å². The standard InChI is InChI=1S/C24H19ClN2O5S/c1-3-27-22(28)21(33-24(27)26-15-5-7-16(31-2)8-6-15)13-17-9-11-20(32-17)14-4-10-18(23(29)30)19(25)12-14/h4-13H,3H2,1-2H3,(H,29,30)/b21-13+,26-24?. The summed E-state index contributed by atoms with van der Waals surface area (Å²) in [6.07, 6.45) is 1.67. The molecule has 0 spiro atoms. The van der Waals surface area contributed by atoms with Crippen LogP contribution in [0, 0.1) is 0 Å². The van der Waals surface area contributed by atoms with Crippen LogP contribution in [-0.2, 0) is 4.79 Å². The Morgan fingerprint density at radius 2 is 1.97 bits per heavy atom. The smallest absolute Gasteiger partial charge is 0.337 e. The highest BCUT2D eigenvalue weighted by molar-refractivity contribution is 8.18. The number of halogens is 1. The molecule has 0 saturated carbocycles. The summed E-state index contributed by atoms with van der Waals surface area (Å²) < 4.78 is 11.0. The molecule has 0 atom stereocenters. The summed E-state index contributed by atoms with van der Waals surface area (Å²) >= 11 is 7.33. The summed E-state index contributed by atoms with van der Waals surface area (Å²) in [7, 11) is 1.60. The van der Waals surface area contributed by atoms with Crippen LogP contribution in [0.15, 0.2) is 68.9 Å². The van der Waals surface area contributed by atoms with Crippen LogP contribution >= 0.6 is 23.4 Å². The van der Waals surface area contributed by atoms with Crippen LogP contribution in [0.4, 0.5) is 5.69 Å². The number of carbonyl (C=O) groups excluding carboxylic acids is 1.